The molecule has 1 aromatic carbocycles. The molecule has 1 aromatic heterocycles. The molecule has 2 fully saturated rings. The van der Waals surface area contributed by atoms with Crippen LogP contribution in [0.15, 0.2) is 41.3 Å². The summed E-state index contributed by atoms with van der Waals surface area (Å²) in [5.41, 5.74) is 0.591. The van der Waals surface area contributed by atoms with Crippen molar-refractivity contribution >= 4 is 28.8 Å². The summed E-state index contributed by atoms with van der Waals surface area (Å²) in [4.78, 5) is 28.5. The lowest BCUT2D eigenvalue weighted by Gasteiger charge is -2.29. The van der Waals surface area contributed by atoms with Crippen molar-refractivity contribution in [2.45, 2.75) is 37.8 Å². The number of ketones is 1. The largest absolute Gasteiger partial charge is 0.507 e. The van der Waals surface area contributed by atoms with Crippen molar-refractivity contribution in [3.63, 3.8) is 0 Å². The van der Waals surface area contributed by atoms with E-state index in [2.05, 4.69) is 0 Å². The van der Waals surface area contributed by atoms with E-state index in [9.17, 15) is 14.7 Å². The average Bonchev–Trinajstić information content (AvgIpc) is 3.49. The van der Waals surface area contributed by atoms with Crippen LogP contribution in [0.3, 0.4) is 0 Å². The highest BCUT2D eigenvalue weighted by Gasteiger charge is 2.49. The van der Waals surface area contributed by atoms with Crippen LogP contribution in [0.25, 0.3) is 5.76 Å². The molecule has 0 spiro atoms. The van der Waals surface area contributed by atoms with E-state index in [0.29, 0.717) is 17.1 Å². The van der Waals surface area contributed by atoms with Crippen LogP contribution in [-0.4, -0.2) is 34.5 Å². The Labute approximate surface area is 166 Å². The average molecular weight is 397 g/mol. The number of thiophene rings is 1. The molecular formula is C21H19NO5S. The number of nitrogens with zero attached hydrogens (tertiary/aromatic N) is 1. The van der Waals surface area contributed by atoms with Crippen LogP contribution in [0.1, 0.15) is 42.2 Å². The topological polar surface area (TPSA) is 76.1 Å². The molecule has 2 aliphatic heterocycles. The van der Waals surface area contributed by atoms with E-state index in [4.69, 9.17) is 9.47 Å². The minimum Gasteiger partial charge on any atom is -0.507 e. The van der Waals surface area contributed by atoms with Crippen molar-refractivity contribution in [1.82, 2.24) is 4.90 Å². The summed E-state index contributed by atoms with van der Waals surface area (Å²) in [5, 5.41) is 13.0. The van der Waals surface area contributed by atoms with Gasteiger partial charge in [0.25, 0.3) is 11.7 Å². The number of hydrogen-bond donors (Lipinski definition) is 1. The molecule has 1 amide bonds. The number of benzene rings is 1. The minimum atomic E-state index is -0.625. The second-order valence-corrected chi connectivity index (χ2v) is 8.21. The normalized spacial score (nSPS) is 23.7. The van der Waals surface area contributed by atoms with E-state index < -0.39 is 17.7 Å². The summed E-state index contributed by atoms with van der Waals surface area (Å²) in [5.74, 6) is -0.205. The maximum atomic E-state index is 13.0. The molecule has 28 heavy (non-hydrogen) atoms. The summed E-state index contributed by atoms with van der Waals surface area (Å²) in [6.07, 6.45) is 3.87. The van der Waals surface area contributed by atoms with E-state index in [1.807, 2.05) is 17.5 Å². The van der Waals surface area contributed by atoms with Gasteiger partial charge in [-0.1, -0.05) is 18.9 Å². The molecule has 1 atom stereocenters. The second kappa shape index (κ2) is 6.67. The maximum absolute atomic E-state index is 13.0. The molecule has 1 unspecified atom stereocenters. The quantitative estimate of drug-likeness (QED) is 0.484. The van der Waals surface area contributed by atoms with Gasteiger partial charge in [-0.05, 0) is 42.5 Å². The minimum absolute atomic E-state index is 0.0330. The van der Waals surface area contributed by atoms with Gasteiger partial charge in [-0.3, -0.25) is 9.59 Å². The first-order valence-corrected chi connectivity index (χ1v) is 10.3. The monoisotopic (exact) mass is 397 g/mol. The molecule has 2 aromatic rings. The first-order chi connectivity index (χ1) is 13.6. The molecule has 1 saturated carbocycles. The third kappa shape index (κ3) is 2.61. The van der Waals surface area contributed by atoms with Crippen LogP contribution in [0.4, 0.5) is 0 Å². The number of rotatable bonds is 3. The highest BCUT2D eigenvalue weighted by atomic mass is 32.1. The smallest absolute Gasteiger partial charge is 0.295 e. The highest BCUT2D eigenvalue weighted by molar-refractivity contribution is 7.10. The summed E-state index contributed by atoms with van der Waals surface area (Å²) in [6.45, 7) is 0.126. The molecule has 1 aliphatic carbocycles. The van der Waals surface area contributed by atoms with E-state index >= 15 is 0 Å². The number of fused-ring (bicyclic) bond motifs is 1. The molecule has 3 heterocycles. The van der Waals surface area contributed by atoms with Gasteiger partial charge in [0, 0.05) is 16.5 Å². The fourth-order valence-electron chi connectivity index (χ4n) is 4.33. The molecule has 0 radical (unpaired) electrons. The lowest BCUT2D eigenvalue weighted by atomic mass is 9.99. The van der Waals surface area contributed by atoms with Crippen LogP contribution in [0.2, 0.25) is 0 Å². The standard InChI is InChI=1S/C21H19NO5S/c23-19(12-7-8-14-15(10-12)27-11-26-14)17-18(16-6-3-9-28-16)22(21(25)20(17)24)13-4-1-2-5-13/h3,6-10,13,18,23H,1-2,4-5,11H2/b19-17-. The molecule has 6 nitrogen and oxygen atoms in total. The number of carbonyl (C=O) groups excluding carboxylic acids is 2. The van der Waals surface area contributed by atoms with Crippen molar-refractivity contribution in [1.29, 1.82) is 0 Å². The van der Waals surface area contributed by atoms with Crippen molar-refractivity contribution < 1.29 is 24.2 Å². The molecule has 7 heteroatoms. The molecular weight excluding hydrogens is 378 g/mol. The Morgan fingerprint density at radius 3 is 2.64 bits per heavy atom. The van der Waals surface area contributed by atoms with Crippen LogP contribution in [0.5, 0.6) is 11.5 Å². The third-order valence-corrected chi connectivity index (χ3v) is 6.58. The molecule has 144 valence electrons. The Morgan fingerprint density at radius 2 is 1.89 bits per heavy atom. The highest BCUT2D eigenvalue weighted by Crippen LogP contribution is 2.45. The Morgan fingerprint density at radius 1 is 1.11 bits per heavy atom. The van der Waals surface area contributed by atoms with Gasteiger partial charge in [0.05, 0.1) is 11.6 Å². The lowest BCUT2D eigenvalue weighted by molar-refractivity contribution is -0.141. The Balaban J connectivity index is 1.64. The molecule has 0 bridgehead atoms. The maximum Gasteiger partial charge on any atom is 0.295 e. The van der Waals surface area contributed by atoms with Gasteiger partial charge in [-0.25, -0.2) is 0 Å². The predicted octanol–water partition coefficient (Wildman–Crippen LogP) is 3.84. The van der Waals surface area contributed by atoms with Gasteiger partial charge in [-0.15, -0.1) is 11.3 Å². The molecule has 5 rings (SSSR count). The first-order valence-electron chi connectivity index (χ1n) is 9.38. The number of hydrogen-bond acceptors (Lipinski definition) is 6. The van der Waals surface area contributed by atoms with Crippen LogP contribution < -0.4 is 9.47 Å². The van der Waals surface area contributed by atoms with E-state index in [1.54, 1.807) is 23.1 Å². The van der Waals surface area contributed by atoms with Gasteiger partial charge < -0.3 is 19.5 Å². The summed E-state index contributed by atoms with van der Waals surface area (Å²) in [7, 11) is 0. The van der Waals surface area contributed by atoms with Gasteiger partial charge in [0.1, 0.15) is 5.76 Å². The number of Topliss-reactive ketones (excluding diaryl/α,β-unsaturated/α-hetero) is 1. The van der Waals surface area contributed by atoms with E-state index in [-0.39, 0.29) is 24.2 Å². The number of likely N-dealkylation sites (tertiary alicyclic amines) is 1. The number of ether oxygens (including phenoxy) is 2. The summed E-state index contributed by atoms with van der Waals surface area (Å²) in [6, 6.07) is 8.32. The fourth-order valence-corrected chi connectivity index (χ4v) is 5.17. The second-order valence-electron chi connectivity index (χ2n) is 7.23. The van der Waals surface area contributed by atoms with E-state index in [0.717, 1.165) is 30.6 Å². The fraction of sp³-hybridized carbons (Fsp3) is 0.333. The van der Waals surface area contributed by atoms with Crippen molar-refractivity contribution in [3.8, 4) is 11.5 Å². The summed E-state index contributed by atoms with van der Waals surface area (Å²) < 4.78 is 10.7. The number of carbonyl (C=O) groups is 2. The lowest BCUT2D eigenvalue weighted by Crippen LogP contribution is -2.37. The zero-order chi connectivity index (χ0) is 19.3. The Kier molecular flexibility index (Phi) is 4.12. The molecule has 1 saturated heterocycles. The van der Waals surface area contributed by atoms with Crippen molar-refractivity contribution in [2.75, 3.05) is 6.79 Å². The number of aliphatic hydroxyl groups excluding tert-OH is 1. The van der Waals surface area contributed by atoms with E-state index in [1.165, 1.54) is 11.3 Å². The molecule has 1 N–H and O–H groups in total. The Hall–Kier alpha value is -2.80. The zero-order valence-corrected chi connectivity index (χ0v) is 15.9. The van der Waals surface area contributed by atoms with Gasteiger partial charge in [0.15, 0.2) is 11.5 Å². The van der Waals surface area contributed by atoms with Crippen LogP contribution in [-0.2, 0) is 9.59 Å². The van der Waals surface area contributed by atoms with Gasteiger partial charge in [-0.2, -0.15) is 0 Å². The molecule has 3 aliphatic rings. The third-order valence-electron chi connectivity index (χ3n) is 5.66. The van der Waals surface area contributed by atoms with Crippen LogP contribution >= 0.6 is 11.3 Å². The predicted molar refractivity (Wildman–Crippen MR) is 103 cm³/mol. The summed E-state index contributed by atoms with van der Waals surface area (Å²) >= 11 is 1.49. The Bertz CT molecular complexity index is 975. The van der Waals surface area contributed by atoms with Gasteiger partial charge >= 0.3 is 0 Å². The first kappa shape index (κ1) is 17.3. The van der Waals surface area contributed by atoms with Crippen LogP contribution in [0, 0.1) is 0 Å². The number of amides is 1. The number of aliphatic hydroxyl groups is 1. The SMILES string of the molecule is O=C1C(=O)N(C2CCCC2)C(c2cccs2)/C1=C(/O)c1ccc2c(c1)OCO2. The van der Waals surface area contributed by atoms with Gasteiger partial charge in [0.2, 0.25) is 6.79 Å². The zero-order valence-electron chi connectivity index (χ0n) is 15.1. The van der Waals surface area contributed by atoms with Crippen molar-refractivity contribution in [3.05, 3.63) is 51.7 Å². The van der Waals surface area contributed by atoms with Crippen molar-refractivity contribution in [2.24, 2.45) is 0 Å².